The Morgan fingerprint density at radius 3 is 2.75 bits per heavy atom. The summed E-state index contributed by atoms with van der Waals surface area (Å²) in [4.78, 5) is 13.6. The maximum atomic E-state index is 11.4. The van der Waals surface area contributed by atoms with Crippen LogP contribution >= 0.6 is 0 Å². The molecule has 1 N–H and O–H groups in total. The normalized spacial score (nSPS) is 35.0. The molecule has 5 nitrogen and oxygen atoms in total. The van der Waals surface area contributed by atoms with Crippen molar-refractivity contribution in [2.75, 3.05) is 26.4 Å². The van der Waals surface area contributed by atoms with Crippen molar-refractivity contribution < 1.29 is 19.4 Å². The molecule has 3 fully saturated rings. The summed E-state index contributed by atoms with van der Waals surface area (Å²) in [6.07, 6.45) is 8.04. The second-order valence-electron chi connectivity index (χ2n) is 6.41. The summed E-state index contributed by atoms with van der Waals surface area (Å²) >= 11 is 0. The van der Waals surface area contributed by atoms with E-state index in [0.717, 1.165) is 38.8 Å². The molecule has 0 aromatic heterocycles. The first kappa shape index (κ1) is 14.3. The van der Waals surface area contributed by atoms with Crippen molar-refractivity contribution in [1.82, 2.24) is 4.90 Å². The summed E-state index contributed by atoms with van der Waals surface area (Å²) in [5.41, 5.74) is 0.0303. The number of carboxylic acids is 1. The van der Waals surface area contributed by atoms with Crippen LogP contribution in [-0.4, -0.2) is 60.0 Å². The largest absolute Gasteiger partial charge is 0.480 e. The zero-order valence-corrected chi connectivity index (χ0v) is 12.1. The number of hydrogen-bond acceptors (Lipinski definition) is 4. The Bertz CT molecular complexity index is 348. The number of carbonyl (C=O) groups is 1. The van der Waals surface area contributed by atoms with E-state index in [-0.39, 0.29) is 5.60 Å². The summed E-state index contributed by atoms with van der Waals surface area (Å²) in [7, 11) is 0. The maximum Gasteiger partial charge on any atom is 0.323 e. The van der Waals surface area contributed by atoms with Crippen molar-refractivity contribution in [3.05, 3.63) is 0 Å². The van der Waals surface area contributed by atoms with Crippen LogP contribution in [0.1, 0.15) is 44.9 Å². The lowest BCUT2D eigenvalue weighted by molar-refractivity contribution is -0.163. The third-order valence-corrected chi connectivity index (χ3v) is 5.16. The fourth-order valence-corrected chi connectivity index (χ4v) is 4.10. The van der Waals surface area contributed by atoms with E-state index < -0.39 is 12.0 Å². The highest BCUT2D eigenvalue weighted by Crippen LogP contribution is 2.40. The van der Waals surface area contributed by atoms with Gasteiger partial charge in [0, 0.05) is 19.2 Å². The molecule has 1 aliphatic carbocycles. The molecule has 3 aliphatic rings. The number of hydrogen-bond donors (Lipinski definition) is 1. The van der Waals surface area contributed by atoms with Gasteiger partial charge in [0.05, 0.1) is 18.8 Å². The molecular weight excluding hydrogens is 258 g/mol. The monoisotopic (exact) mass is 283 g/mol. The summed E-state index contributed by atoms with van der Waals surface area (Å²) < 4.78 is 11.5. The molecule has 114 valence electrons. The van der Waals surface area contributed by atoms with Crippen LogP contribution in [0.4, 0.5) is 0 Å². The maximum absolute atomic E-state index is 11.4. The molecule has 2 atom stereocenters. The highest BCUT2D eigenvalue weighted by Gasteiger charge is 2.43. The molecule has 3 rings (SSSR count). The third kappa shape index (κ3) is 2.85. The summed E-state index contributed by atoms with van der Waals surface area (Å²) in [5.74, 6) is -0.756. The number of ether oxygens (including phenoxy) is 2. The molecule has 0 amide bonds. The van der Waals surface area contributed by atoms with Gasteiger partial charge in [0.25, 0.3) is 0 Å². The van der Waals surface area contributed by atoms with E-state index in [2.05, 4.69) is 4.90 Å². The van der Waals surface area contributed by atoms with Crippen LogP contribution < -0.4 is 0 Å². The third-order valence-electron chi connectivity index (χ3n) is 5.16. The van der Waals surface area contributed by atoms with E-state index >= 15 is 0 Å². The lowest BCUT2D eigenvalue weighted by Crippen LogP contribution is -2.58. The van der Waals surface area contributed by atoms with Gasteiger partial charge >= 0.3 is 5.97 Å². The van der Waals surface area contributed by atoms with Crippen LogP contribution in [0.5, 0.6) is 0 Å². The van der Waals surface area contributed by atoms with Crippen LogP contribution in [0, 0.1) is 0 Å². The number of rotatable bonds is 2. The Kier molecular flexibility index (Phi) is 4.29. The number of aliphatic carboxylic acids is 1. The van der Waals surface area contributed by atoms with Gasteiger partial charge in [-0.1, -0.05) is 19.3 Å². The predicted molar refractivity (Wildman–Crippen MR) is 73.7 cm³/mol. The minimum Gasteiger partial charge on any atom is -0.480 e. The van der Waals surface area contributed by atoms with Gasteiger partial charge in [-0.15, -0.1) is 0 Å². The van der Waals surface area contributed by atoms with Crippen molar-refractivity contribution in [1.29, 1.82) is 0 Å². The van der Waals surface area contributed by atoms with Crippen LogP contribution in [0.25, 0.3) is 0 Å². The molecule has 0 bridgehead atoms. The molecule has 1 saturated carbocycles. The van der Waals surface area contributed by atoms with E-state index in [1.54, 1.807) is 0 Å². The first-order valence-corrected chi connectivity index (χ1v) is 7.90. The average Bonchev–Trinajstić information content (AvgIpc) is 2.48. The van der Waals surface area contributed by atoms with Crippen molar-refractivity contribution >= 4 is 5.97 Å². The fourth-order valence-electron chi connectivity index (χ4n) is 4.10. The number of nitrogens with zero attached hydrogens (tertiary/aromatic N) is 1. The van der Waals surface area contributed by atoms with Gasteiger partial charge in [-0.3, -0.25) is 9.69 Å². The van der Waals surface area contributed by atoms with Gasteiger partial charge in [0.15, 0.2) is 0 Å². The topological polar surface area (TPSA) is 59.0 Å². The number of morpholine rings is 1. The van der Waals surface area contributed by atoms with E-state index in [4.69, 9.17) is 9.47 Å². The SMILES string of the molecule is O=C(O)C1COCCN1C1CCOC2(CCCCC2)C1. The van der Waals surface area contributed by atoms with E-state index in [0.29, 0.717) is 19.3 Å². The average molecular weight is 283 g/mol. The van der Waals surface area contributed by atoms with Gasteiger partial charge in [0.2, 0.25) is 0 Å². The molecule has 20 heavy (non-hydrogen) atoms. The van der Waals surface area contributed by atoms with Gasteiger partial charge in [-0.25, -0.2) is 0 Å². The number of carboxylic acid groups (broad SMARTS) is 1. The second kappa shape index (κ2) is 6.00. The quantitative estimate of drug-likeness (QED) is 0.835. The zero-order valence-electron chi connectivity index (χ0n) is 12.1. The Labute approximate surface area is 120 Å². The summed E-state index contributed by atoms with van der Waals surface area (Å²) in [6, 6.07) is -0.139. The molecule has 5 heteroatoms. The minimum absolute atomic E-state index is 0.0303. The Morgan fingerprint density at radius 1 is 1.20 bits per heavy atom. The van der Waals surface area contributed by atoms with E-state index in [1.165, 1.54) is 19.3 Å². The lowest BCUT2D eigenvalue weighted by atomic mass is 9.77. The zero-order chi connectivity index (χ0) is 14.0. The Hall–Kier alpha value is -0.650. The Balaban J connectivity index is 1.70. The van der Waals surface area contributed by atoms with Crippen LogP contribution in [-0.2, 0) is 14.3 Å². The van der Waals surface area contributed by atoms with E-state index in [9.17, 15) is 9.90 Å². The molecule has 0 radical (unpaired) electrons. The van der Waals surface area contributed by atoms with Crippen molar-refractivity contribution in [2.24, 2.45) is 0 Å². The summed E-state index contributed by atoms with van der Waals surface area (Å²) in [5, 5.41) is 9.39. The van der Waals surface area contributed by atoms with Gasteiger partial charge in [0.1, 0.15) is 6.04 Å². The Morgan fingerprint density at radius 2 is 2.00 bits per heavy atom. The lowest BCUT2D eigenvalue weighted by Gasteiger charge is -2.48. The highest BCUT2D eigenvalue weighted by molar-refractivity contribution is 5.73. The van der Waals surface area contributed by atoms with E-state index in [1.807, 2.05) is 0 Å². The molecule has 1 spiro atoms. The molecule has 2 heterocycles. The molecule has 2 aliphatic heterocycles. The molecule has 0 aromatic rings. The minimum atomic E-state index is -0.756. The summed E-state index contributed by atoms with van der Waals surface area (Å²) in [6.45, 7) is 2.47. The smallest absolute Gasteiger partial charge is 0.323 e. The highest BCUT2D eigenvalue weighted by atomic mass is 16.5. The molecule has 2 unspecified atom stereocenters. The molecule has 0 aromatic carbocycles. The van der Waals surface area contributed by atoms with Crippen LogP contribution in [0.15, 0.2) is 0 Å². The van der Waals surface area contributed by atoms with Gasteiger partial charge in [-0.2, -0.15) is 0 Å². The molecule has 2 saturated heterocycles. The van der Waals surface area contributed by atoms with Crippen molar-refractivity contribution in [2.45, 2.75) is 62.6 Å². The van der Waals surface area contributed by atoms with Crippen molar-refractivity contribution in [3.63, 3.8) is 0 Å². The van der Waals surface area contributed by atoms with Crippen LogP contribution in [0.2, 0.25) is 0 Å². The fraction of sp³-hybridized carbons (Fsp3) is 0.933. The standard InChI is InChI=1S/C15H25NO4/c17-14(18)13-11-19-9-7-16(13)12-4-8-20-15(10-12)5-2-1-3-6-15/h12-13H,1-11H2,(H,17,18). The first-order valence-electron chi connectivity index (χ1n) is 7.90. The predicted octanol–water partition coefficient (Wildman–Crippen LogP) is 1.65. The molecular formula is C15H25NO4. The van der Waals surface area contributed by atoms with Gasteiger partial charge in [-0.05, 0) is 25.7 Å². The van der Waals surface area contributed by atoms with Crippen LogP contribution in [0.3, 0.4) is 0 Å². The first-order chi connectivity index (χ1) is 9.70. The van der Waals surface area contributed by atoms with Gasteiger partial charge < -0.3 is 14.6 Å². The second-order valence-corrected chi connectivity index (χ2v) is 6.41. The van der Waals surface area contributed by atoms with Crippen molar-refractivity contribution in [3.8, 4) is 0 Å².